The van der Waals surface area contributed by atoms with E-state index in [1.807, 2.05) is 24.4 Å². The van der Waals surface area contributed by atoms with E-state index < -0.39 is 0 Å². The average Bonchev–Trinajstić information content (AvgIpc) is 2.58. The molecule has 0 aliphatic heterocycles. The first-order valence-corrected chi connectivity index (χ1v) is 5.09. The van der Waals surface area contributed by atoms with Crippen LogP contribution in [0.1, 0.15) is 0 Å². The first-order valence-electron chi connectivity index (χ1n) is 3.53. The van der Waals surface area contributed by atoms with E-state index in [1.54, 1.807) is 0 Å². The zero-order valence-corrected chi connectivity index (χ0v) is 8.60. The van der Waals surface area contributed by atoms with Gasteiger partial charge in [-0.15, -0.1) is 0 Å². The maximum atomic E-state index is 4.05. The number of halogens is 1. The molecule has 12 heavy (non-hydrogen) atoms. The Labute approximate surface area is 83.4 Å². The molecule has 2 rings (SSSR count). The van der Waals surface area contributed by atoms with E-state index >= 15 is 0 Å². The summed E-state index contributed by atoms with van der Waals surface area (Å²) >= 11 is 4.91. The molecule has 1 aromatic heterocycles. The molecule has 0 amide bonds. The molecule has 0 aliphatic rings. The van der Waals surface area contributed by atoms with Crippen LogP contribution in [0.5, 0.6) is 0 Å². The Hall–Kier alpha value is -0.670. The molecule has 1 heterocycles. The molecule has 0 atom stereocenters. The van der Waals surface area contributed by atoms with Gasteiger partial charge in [-0.25, -0.2) is 4.37 Å². The summed E-state index contributed by atoms with van der Waals surface area (Å²) in [5.41, 5.74) is 1.22. The van der Waals surface area contributed by atoms with Crippen molar-refractivity contribution in [3.05, 3.63) is 41.0 Å². The standard InChI is InChI=1S/C9H6BrNS/c10-8-3-1-7(2-4-8)9-5-6-11-12-9/h1-6H. The van der Waals surface area contributed by atoms with Gasteiger partial charge in [0.25, 0.3) is 0 Å². The van der Waals surface area contributed by atoms with Crippen LogP contribution in [0, 0.1) is 0 Å². The molecular formula is C9H6BrNS. The molecule has 0 fully saturated rings. The lowest BCUT2D eigenvalue weighted by Gasteiger charge is -1.94. The highest BCUT2D eigenvalue weighted by molar-refractivity contribution is 9.10. The lowest BCUT2D eigenvalue weighted by molar-refractivity contribution is 1.58. The van der Waals surface area contributed by atoms with Crippen LogP contribution in [-0.4, -0.2) is 4.37 Å². The van der Waals surface area contributed by atoms with Crippen molar-refractivity contribution < 1.29 is 0 Å². The van der Waals surface area contributed by atoms with Gasteiger partial charge in [0.2, 0.25) is 0 Å². The van der Waals surface area contributed by atoms with Gasteiger partial charge in [0.15, 0.2) is 0 Å². The zero-order chi connectivity index (χ0) is 8.39. The predicted octanol–water partition coefficient (Wildman–Crippen LogP) is 3.57. The highest BCUT2D eigenvalue weighted by Crippen LogP contribution is 2.23. The number of hydrogen-bond donors (Lipinski definition) is 0. The van der Waals surface area contributed by atoms with E-state index in [9.17, 15) is 0 Å². The summed E-state index contributed by atoms with van der Waals surface area (Å²) in [5, 5.41) is 0. The lowest BCUT2D eigenvalue weighted by atomic mass is 10.2. The predicted molar refractivity (Wildman–Crippen MR) is 55.3 cm³/mol. The summed E-state index contributed by atoms with van der Waals surface area (Å²) in [4.78, 5) is 1.21. The fourth-order valence-electron chi connectivity index (χ4n) is 0.979. The number of nitrogens with zero attached hydrogens (tertiary/aromatic N) is 1. The molecule has 0 aliphatic carbocycles. The van der Waals surface area contributed by atoms with Crippen molar-refractivity contribution in [3.63, 3.8) is 0 Å². The molecule has 3 heteroatoms. The molecule has 1 aromatic carbocycles. The summed E-state index contributed by atoms with van der Waals surface area (Å²) in [6.45, 7) is 0. The second-order valence-corrected chi connectivity index (χ2v) is 4.13. The summed E-state index contributed by atoms with van der Waals surface area (Å²) in [7, 11) is 0. The van der Waals surface area contributed by atoms with Gasteiger partial charge < -0.3 is 0 Å². The Bertz CT molecular complexity index is 353. The van der Waals surface area contributed by atoms with Crippen LogP contribution in [0.25, 0.3) is 10.4 Å². The lowest BCUT2D eigenvalue weighted by Crippen LogP contribution is -1.69. The largest absolute Gasteiger partial charge is 0.201 e. The SMILES string of the molecule is Brc1ccc(-c2ccns2)cc1. The van der Waals surface area contributed by atoms with Gasteiger partial charge in [0.05, 0.1) is 4.88 Å². The van der Waals surface area contributed by atoms with Crippen molar-refractivity contribution in [1.29, 1.82) is 0 Å². The Morgan fingerprint density at radius 3 is 2.42 bits per heavy atom. The van der Waals surface area contributed by atoms with Crippen LogP contribution in [0.15, 0.2) is 41.0 Å². The van der Waals surface area contributed by atoms with Crippen molar-refractivity contribution in [2.24, 2.45) is 0 Å². The van der Waals surface area contributed by atoms with Crippen LogP contribution >= 0.6 is 27.5 Å². The molecule has 60 valence electrons. The van der Waals surface area contributed by atoms with Gasteiger partial charge in [-0.3, -0.25) is 0 Å². The molecule has 0 saturated heterocycles. The third-order valence-electron chi connectivity index (χ3n) is 1.57. The third-order valence-corrected chi connectivity index (χ3v) is 2.89. The quantitative estimate of drug-likeness (QED) is 0.742. The van der Waals surface area contributed by atoms with E-state index in [-0.39, 0.29) is 0 Å². The van der Waals surface area contributed by atoms with Gasteiger partial charge in [-0.05, 0) is 35.3 Å². The van der Waals surface area contributed by atoms with Crippen molar-refractivity contribution in [1.82, 2.24) is 4.37 Å². The minimum absolute atomic E-state index is 1.11. The highest BCUT2D eigenvalue weighted by atomic mass is 79.9. The topological polar surface area (TPSA) is 12.9 Å². The van der Waals surface area contributed by atoms with E-state index in [4.69, 9.17) is 0 Å². The van der Waals surface area contributed by atoms with Crippen molar-refractivity contribution in [3.8, 4) is 10.4 Å². The number of rotatable bonds is 1. The van der Waals surface area contributed by atoms with E-state index in [0.29, 0.717) is 0 Å². The molecule has 0 spiro atoms. The van der Waals surface area contributed by atoms with Crippen LogP contribution in [-0.2, 0) is 0 Å². The van der Waals surface area contributed by atoms with Crippen LogP contribution in [0.3, 0.4) is 0 Å². The fourth-order valence-corrected chi connectivity index (χ4v) is 1.84. The van der Waals surface area contributed by atoms with Gasteiger partial charge in [-0.1, -0.05) is 28.1 Å². The summed E-state index contributed by atoms with van der Waals surface area (Å²) in [6, 6.07) is 10.3. The Morgan fingerprint density at radius 1 is 1.08 bits per heavy atom. The molecule has 2 aromatic rings. The van der Waals surface area contributed by atoms with Crippen molar-refractivity contribution in [2.75, 3.05) is 0 Å². The summed E-state index contributed by atoms with van der Waals surface area (Å²) in [5.74, 6) is 0. The molecular weight excluding hydrogens is 234 g/mol. The average molecular weight is 240 g/mol. The smallest absolute Gasteiger partial charge is 0.0549 e. The second-order valence-electron chi connectivity index (χ2n) is 2.38. The van der Waals surface area contributed by atoms with Gasteiger partial charge in [-0.2, -0.15) is 0 Å². The molecule has 0 radical (unpaired) electrons. The minimum Gasteiger partial charge on any atom is -0.201 e. The third kappa shape index (κ3) is 1.57. The first-order chi connectivity index (χ1) is 5.86. The fraction of sp³-hybridized carbons (Fsp3) is 0. The molecule has 0 bridgehead atoms. The second kappa shape index (κ2) is 3.37. The van der Waals surface area contributed by atoms with Crippen LogP contribution in [0.2, 0.25) is 0 Å². The Kier molecular flexibility index (Phi) is 2.23. The number of benzene rings is 1. The molecule has 1 nitrogen and oxygen atoms in total. The van der Waals surface area contributed by atoms with Crippen LogP contribution in [0.4, 0.5) is 0 Å². The number of aromatic nitrogens is 1. The van der Waals surface area contributed by atoms with Crippen molar-refractivity contribution in [2.45, 2.75) is 0 Å². The minimum atomic E-state index is 1.11. The van der Waals surface area contributed by atoms with Gasteiger partial charge in [0.1, 0.15) is 0 Å². The van der Waals surface area contributed by atoms with Crippen LogP contribution < -0.4 is 0 Å². The maximum absolute atomic E-state index is 4.05. The van der Waals surface area contributed by atoms with E-state index in [2.05, 4.69) is 32.4 Å². The van der Waals surface area contributed by atoms with E-state index in [0.717, 1.165) is 4.47 Å². The van der Waals surface area contributed by atoms with Crippen molar-refractivity contribution >= 4 is 27.5 Å². The monoisotopic (exact) mass is 239 g/mol. The van der Waals surface area contributed by atoms with Gasteiger partial charge in [0, 0.05) is 10.7 Å². The molecule has 0 N–H and O–H groups in total. The van der Waals surface area contributed by atoms with E-state index in [1.165, 1.54) is 22.0 Å². The summed E-state index contributed by atoms with van der Waals surface area (Å²) in [6.07, 6.45) is 1.82. The Balaban J connectivity index is 2.43. The number of hydrogen-bond acceptors (Lipinski definition) is 2. The summed E-state index contributed by atoms with van der Waals surface area (Å²) < 4.78 is 5.16. The normalized spacial score (nSPS) is 10.1. The Morgan fingerprint density at radius 2 is 1.83 bits per heavy atom. The highest BCUT2D eigenvalue weighted by Gasteiger charge is 1.97. The maximum Gasteiger partial charge on any atom is 0.0549 e. The molecule has 0 saturated carbocycles. The first kappa shape index (κ1) is 7.95. The molecule has 0 unspecified atom stereocenters. The van der Waals surface area contributed by atoms with Gasteiger partial charge >= 0.3 is 0 Å². The zero-order valence-electron chi connectivity index (χ0n) is 6.20.